The third-order valence-corrected chi connectivity index (χ3v) is 10.1. The summed E-state index contributed by atoms with van der Waals surface area (Å²) in [7, 11) is 1.15. The Morgan fingerprint density at radius 3 is 2.41 bits per heavy atom. The molecule has 174 valence electrons. The molecular formula is C25H35NO5Si. The number of aliphatic hydroxyl groups is 1. The van der Waals surface area contributed by atoms with Gasteiger partial charge in [-0.25, -0.2) is 0 Å². The lowest BCUT2D eigenvalue weighted by Gasteiger charge is -2.36. The number of carbonyl (C=O) groups is 1. The second-order valence-corrected chi connectivity index (χ2v) is 13.9. The SMILES string of the molecule is COc1ccc([C@H](O)CNC(=O)/C=C/c2cccc(O[Si](C)(C)C(C)(C)C)c2)cc1OC. The second kappa shape index (κ2) is 10.7. The number of ether oxygens (including phenoxy) is 2. The van der Waals surface area contributed by atoms with E-state index in [4.69, 9.17) is 13.9 Å². The summed E-state index contributed by atoms with van der Waals surface area (Å²) in [4.78, 5) is 12.2. The highest BCUT2D eigenvalue weighted by Gasteiger charge is 2.38. The van der Waals surface area contributed by atoms with Crippen molar-refractivity contribution in [2.45, 2.75) is 45.0 Å². The lowest BCUT2D eigenvalue weighted by Crippen LogP contribution is -2.43. The molecule has 1 amide bonds. The Morgan fingerprint density at radius 1 is 1.09 bits per heavy atom. The quantitative estimate of drug-likeness (QED) is 0.411. The molecule has 1 atom stereocenters. The molecule has 0 spiro atoms. The van der Waals surface area contributed by atoms with Crippen LogP contribution >= 0.6 is 0 Å². The van der Waals surface area contributed by atoms with Crippen LogP contribution in [-0.4, -0.2) is 40.1 Å². The molecule has 2 rings (SSSR count). The van der Waals surface area contributed by atoms with Crippen LogP contribution in [0, 0.1) is 0 Å². The highest BCUT2D eigenvalue weighted by atomic mass is 28.4. The number of aliphatic hydroxyl groups excluding tert-OH is 1. The monoisotopic (exact) mass is 457 g/mol. The van der Waals surface area contributed by atoms with E-state index in [-0.39, 0.29) is 17.5 Å². The number of rotatable bonds is 9. The summed E-state index contributed by atoms with van der Waals surface area (Å²) in [6, 6.07) is 12.9. The van der Waals surface area contributed by atoms with Gasteiger partial charge in [-0.3, -0.25) is 4.79 Å². The maximum absolute atomic E-state index is 12.2. The van der Waals surface area contributed by atoms with Gasteiger partial charge in [-0.1, -0.05) is 39.0 Å². The molecule has 2 aromatic rings. The van der Waals surface area contributed by atoms with Crippen LogP contribution in [0.1, 0.15) is 38.0 Å². The van der Waals surface area contributed by atoms with E-state index in [1.807, 2.05) is 24.3 Å². The lowest BCUT2D eigenvalue weighted by atomic mass is 10.1. The van der Waals surface area contributed by atoms with Crippen LogP contribution in [-0.2, 0) is 4.79 Å². The van der Waals surface area contributed by atoms with E-state index in [1.54, 1.807) is 31.4 Å². The molecule has 0 unspecified atom stereocenters. The second-order valence-electron chi connectivity index (χ2n) is 9.14. The first kappa shape index (κ1) is 25.5. The minimum Gasteiger partial charge on any atom is -0.543 e. The predicted molar refractivity (Wildman–Crippen MR) is 131 cm³/mol. The summed E-state index contributed by atoms with van der Waals surface area (Å²) in [5, 5.41) is 13.2. The highest BCUT2D eigenvalue weighted by molar-refractivity contribution is 6.74. The highest BCUT2D eigenvalue weighted by Crippen LogP contribution is 2.37. The van der Waals surface area contributed by atoms with Crippen LogP contribution < -0.4 is 19.2 Å². The average Bonchev–Trinajstić information content (AvgIpc) is 2.74. The van der Waals surface area contributed by atoms with E-state index in [2.05, 4.69) is 39.2 Å². The lowest BCUT2D eigenvalue weighted by molar-refractivity contribution is -0.116. The minimum atomic E-state index is -1.93. The number of amides is 1. The van der Waals surface area contributed by atoms with Crippen molar-refractivity contribution in [1.29, 1.82) is 0 Å². The molecule has 0 saturated heterocycles. The molecule has 2 aromatic carbocycles. The number of carbonyl (C=O) groups excluding carboxylic acids is 1. The van der Waals surface area contributed by atoms with Crippen LogP contribution in [0.15, 0.2) is 48.5 Å². The standard InChI is InChI=1S/C25H35NO5Si/c1-25(2,3)32(6,7)31-20-10-8-9-18(15-20)11-14-24(28)26-17-21(27)19-12-13-22(29-4)23(16-19)30-5/h8-16,21,27H,17H2,1-7H3,(H,26,28)/b14-11+/t21-/m1/s1. The molecule has 0 aliphatic heterocycles. The molecule has 32 heavy (non-hydrogen) atoms. The molecule has 0 aliphatic carbocycles. The number of hydrogen-bond acceptors (Lipinski definition) is 5. The number of nitrogens with one attached hydrogen (secondary N) is 1. The summed E-state index contributed by atoms with van der Waals surface area (Å²) in [5.41, 5.74) is 1.50. The Balaban J connectivity index is 1.96. The topological polar surface area (TPSA) is 77.0 Å². The molecule has 0 aliphatic rings. The normalized spacial score (nSPS) is 13.0. The zero-order chi connectivity index (χ0) is 23.9. The van der Waals surface area contributed by atoms with E-state index in [0.29, 0.717) is 17.1 Å². The molecule has 7 heteroatoms. The van der Waals surface area contributed by atoms with Crippen LogP contribution in [0.2, 0.25) is 18.1 Å². The van der Waals surface area contributed by atoms with Gasteiger partial charge in [-0.2, -0.15) is 0 Å². The summed E-state index contributed by atoms with van der Waals surface area (Å²) < 4.78 is 16.8. The molecule has 2 N–H and O–H groups in total. The Hall–Kier alpha value is -2.77. The van der Waals surface area contributed by atoms with Gasteiger partial charge >= 0.3 is 0 Å². The van der Waals surface area contributed by atoms with Gasteiger partial charge in [0.05, 0.1) is 20.3 Å². The Labute approximate surface area is 192 Å². The maximum atomic E-state index is 12.2. The van der Waals surface area contributed by atoms with Crippen molar-refractivity contribution in [3.63, 3.8) is 0 Å². The zero-order valence-electron chi connectivity index (χ0n) is 20.1. The van der Waals surface area contributed by atoms with Crippen molar-refractivity contribution in [1.82, 2.24) is 5.32 Å². The van der Waals surface area contributed by atoms with E-state index in [1.165, 1.54) is 13.2 Å². The number of benzene rings is 2. The third kappa shape index (κ3) is 6.87. The fourth-order valence-electron chi connectivity index (χ4n) is 2.74. The first-order chi connectivity index (χ1) is 15.0. The first-order valence-corrected chi connectivity index (χ1v) is 13.5. The largest absolute Gasteiger partial charge is 0.543 e. The molecule has 0 saturated carbocycles. The van der Waals surface area contributed by atoms with Gasteiger partial charge in [0.15, 0.2) is 11.5 Å². The first-order valence-electron chi connectivity index (χ1n) is 10.6. The van der Waals surface area contributed by atoms with Gasteiger partial charge in [0.1, 0.15) is 5.75 Å². The van der Waals surface area contributed by atoms with Crippen molar-refractivity contribution >= 4 is 20.3 Å². The van der Waals surface area contributed by atoms with Gasteiger partial charge in [0, 0.05) is 12.6 Å². The van der Waals surface area contributed by atoms with E-state index in [9.17, 15) is 9.90 Å². The molecular weight excluding hydrogens is 422 g/mol. The van der Waals surface area contributed by atoms with E-state index < -0.39 is 14.4 Å². The van der Waals surface area contributed by atoms with Gasteiger partial charge < -0.3 is 24.3 Å². The van der Waals surface area contributed by atoms with Crippen molar-refractivity contribution in [3.8, 4) is 17.2 Å². The van der Waals surface area contributed by atoms with E-state index in [0.717, 1.165) is 11.3 Å². The van der Waals surface area contributed by atoms with Crippen molar-refractivity contribution in [2.75, 3.05) is 20.8 Å². The Bertz CT molecular complexity index is 950. The van der Waals surface area contributed by atoms with E-state index >= 15 is 0 Å². The molecule has 6 nitrogen and oxygen atoms in total. The number of hydrogen-bond donors (Lipinski definition) is 2. The van der Waals surface area contributed by atoms with Crippen LogP contribution in [0.5, 0.6) is 17.2 Å². The third-order valence-electron chi connectivity index (χ3n) is 5.73. The minimum absolute atomic E-state index is 0.0766. The average molecular weight is 458 g/mol. The number of methoxy groups -OCH3 is 2. The Kier molecular flexibility index (Phi) is 8.52. The van der Waals surface area contributed by atoms with Crippen molar-refractivity contribution in [3.05, 3.63) is 59.7 Å². The molecule has 0 bridgehead atoms. The van der Waals surface area contributed by atoms with Gasteiger partial charge in [-0.05, 0) is 59.6 Å². The maximum Gasteiger partial charge on any atom is 0.250 e. The Morgan fingerprint density at radius 2 is 1.78 bits per heavy atom. The molecule has 0 radical (unpaired) electrons. The summed E-state index contributed by atoms with van der Waals surface area (Å²) in [6.45, 7) is 11.1. The smallest absolute Gasteiger partial charge is 0.250 e. The van der Waals surface area contributed by atoms with Gasteiger partial charge in [0.25, 0.3) is 0 Å². The summed E-state index contributed by atoms with van der Waals surface area (Å²) in [6.07, 6.45) is 2.32. The molecule has 0 heterocycles. The van der Waals surface area contributed by atoms with Crippen LogP contribution in [0.4, 0.5) is 0 Å². The van der Waals surface area contributed by atoms with Gasteiger partial charge in [-0.15, -0.1) is 0 Å². The fraction of sp³-hybridized carbons (Fsp3) is 0.400. The predicted octanol–water partition coefficient (Wildman–Crippen LogP) is 4.95. The van der Waals surface area contributed by atoms with Crippen molar-refractivity contribution in [2.24, 2.45) is 0 Å². The summed E-state index contributed by atoms with van der Waals surface area (Å²) >= 11 is 0. The van der Waals surface area contributed by atoms with Crippen LogP contribution in [0.25, 0.3) is 6.08 Å². The van der Waals surface area contributed by atoms with Crippen molar-refractivity contribution < 1.29 is 23.8 Å². The fourth-order valence-corrected chi connectivity index (χ4v) is 3.76. The van der Waals surface area contributed by atoms with Gasteiger partial charge in [0.2, 0.25) is 14.2 Å². The summed E-state index contributed by atoms with van der Waals surface area (Å²) in [5.74, 6) is 1.62. The molecule has 0 aromatic heterocycles. The van der Waals surface area contributed by atoms with Crippen LogP contribution in [0.3, 0.4) is 0 Å². The molecule has 0 fully saturated rings. The zero-order valence-corrected chi connectivity index (χ0v) is 21.1.